The molecule has 0 atom stereocenters. The van der Waals surface area contributed by atoms with Gasteiger partial charge in [-0.2, -0.15) is 0 Å². The van der Waals surface area contributed by atoms with E-state index in [1.165, 1.54) is 16.2 Å². The van der Waals surface area contributed by atoms with Crippen LogP contribution in [0.4, 0.5) is 5.13 Å². The highest BCUT2D eigenvalue weighted by atomic mass is 35.5. The summed E-state index contributed by atoms with van der Waals surface area (Å²) in [5, 5.41) is 1.29. The smallest absolute Gasteiger partial charge is 0.252 e. The van der Waals surface area contributed by atoms with Gasteiger partial charge in [-0.05, 0) is 29.8 Å². The number of carbonyl (C=O) groups excluding carboxylic acids is 1. The molecule has 146 valence electrons. The second-order valence-corrected chi connectivity index (χ2v) is 8.05. The average molecular weight is 417 g/mol. The van der Waals surface area contributed by atoms with Crippen LogP contribution in [0.1, 0.15) is 5.56 Å². The number of aromatic nitrogens is 1. The van der Waals surface area contributed by atoms with E-state index in [2.05, 4.69) is 19.1 Å². The second kappa shape index (κ2) is 9.19. The fraction of sp³-hybridized carbons (Fsp3) is 0.238. The minimum atomic E-state index is -0.118. The molecule has 3 rings (SSSR count). The third kappa shape index (κ3) is 4.90. The first-order valence-electron chi connectivity index (χ1n) is 8.95. The predicted molar refractivity (Wildman–Crippen MR) is 117 cm³/mol. The van der Waals surface area contributed by atoms with Gasteiger partial charge in [0.25, 0.3) is 5.91 Å². The normalized spacial score (nSPS) is 11.5. The van der Waals surface area contributed by atoms with Gasteiger partial charge in [-0.15, -0.1) is 0 Å². The first-order chi connectivity index (χ1) is 13.5. The van der Waals surface area contributed by atoms with E-state index in [1.807, 2.05) is 36.4 Å². The molecule has 0 spiro atoms. The average Bonchev–Trinajstić information content (AvgIpc) is 3.09. The molecule has 1 amide bonds. The summed E-state index contributed by atoms with van der Waals surface area (Å²) in [5.74, 6) is 0.630. The molecule has 3 aromatic rings. The van der Waals surface area contributed by atoms with E-state index < -0.39 is 0 Å². The zero-order valence-corrected chi connectivity index (χ0v) is 17.7. The molecular weight excluding hydrogens is 394 g/mol. The zero-order valence-electron chi connectivity index (χ0n) is 16.1. The molecule has 0 saturated heterocycles. The lowest BCUT2D eigenvalue weighted by molar-refractivity contribution is -0.856. The summed E-state index contributed by atoms with van der Waals surface area (Å²) < 4.78 is 6.29. The van der Waals surface area contributed by atoms with Gasteiger partial charge in [-0.25, -0.2) is 4.98 Å². The van der Waals surface area contributed by atoms with Gasteiger partial charge in [0.05, 0.1) is 44.5 Å². The highest BCUT2D eigenvalue weighted by Gasteiger charge is 2.19. The van der Waals surface area contributed by atoms with Crippen molar-refractivity contribution in [3.8, 4) is 5.75 Å². The molecule has 0 radical (unpaired) electrons. The zero-order chi connectivity index (χ0) is 20.1. The van der Waals surface area contributed by atoms with Gasteiger partial charge in [0.1, 0.15) is 5.75 Å². The van der Waals surface area contributed by atoms with Gasteiger partial charge in [-0.3, -0.25) is 9.69 Å². The van der Waals surface area contributed by atoms with Crippen LogP contribution < -0.4 is 14.5 Å². The lowest BCUT2D eigenvalue weighted by Crippen LogP contribution is -3.06. The second-order valence-electron chi connectivity index (χ2n) is 6.63. The van der Waals surface area contributed by atoms with Crippen LogP contribution in [0.5, 0.6) is 5.75 Å². The van der Waals surface area contributed by atoms with E-state index in [0.717, 1.165) is 28.1 Å². The minimum absolute atomic E-state index is 0.118. The van der Waals surface area contributed by atoms with E-state index in [1.54, 1.807) is 30.2 Å². The molecule has 1 N–H and O–H groups in total. The van der Waals surface area contributed by atoms with Crippen molar-refractivity contribution in [2.24, 2.45) is 0 Å². The molecule has 28 heavy (non-hydrogen) atoms. The van der Waals surface area contributed by atoms with Gasteiger partial charge >= 0.3 is 0 Å². The van der Waals surface area contributed by atoms with E-state index in [-0.39, 0.29) is 5.91 Å². The number of thiazole rings is 1. The Balaban J connectivity index is 1.90. The maximum atomic E-state index is 13.0. The number of ether oxygens (including phenoxy) is 1. The van der Waals surface area contributed by atoms with Crippen molar-refractivity contribution < 1.29 is 14.4 Å². The number of hydrogen-bond donors (Lipinski definition) is 1. The third-order valence-electron chi connectivity index (χ3n) is 4.23. The van der Waals surface area contributed by atoms with Crippen LogP contribution in [-0.4, -0.2) is 45.2 Å². The van der Waals surface area contributed by atoms with Gasteiger partial charge in [0, 0.05) is 17.2 Å². The minimum Gasteiger partial charge on any atom is -0.497 e. The number of halogens is 1. The quantitative estimate of drug-likeness (QED) is 0.602. The Bertz CT molecular complexity index is 1000. The van der Waals surface area contributed by atoms with E-state index in [4.69, 9.17) is 16.3 Å². The van der Waals surface area contributed by atoms with Crippen LogP contribution >= 0.6 is 22.9 Å². The van der Waals surface area contributed by atoms with Gasteiger partial charge in [0.15, 0.2) is 5.13 Å². The number of amides is 1. The summed E-state index contributed by atoms with van der Waals surface area (Å²) in [6.45, 7) is 1.38. The van der Waals surface area contributed by atoms with Crippen LogP contribution in [0.2, 0.25) is 5.02 Å². The first kappa shape index (κ1) is 20.3. The molecule has 0 bridgehead atoms. The van der Waals surface area contributed by atoms with Crippen molar-refractivity contribution >= 4 is 50.3 Å². The molecule has 0 aliphatic rings. The van der Waals surface area contributed by atoms with Crippen LogP contribution in [-0.2, 0) is 4.79 Å². The summed E-state index contributed by atoms with van der Waals surface area (Å²) in [4.78, 5) is 20.6. The lowest BCUT2D eigenvalue weighted by atomic mass is 10.2. The van der Waals surface area contributed by atoms with E-state index in [0.29, 0.717) is 16.7 Å². The van der Waals surface area contributed by atoms with Crippen LogP contribution in [0.3, 0.4) is 0 Å². The number of methoxy groups -OCH3 is 1. The van der Waals surface area contributed by atoms with Crippen molar-refractivity contribution in [3.05, 3.63) is 59.1 Å². The Morgan fingerprint density at radius 3 is 2.79 bits per heavy atom. The number of carbonyl (C=O) groups is 1. The van der Waals surface area contributed by atoms with E-state index in [9.17, 15) is 4.79 Å². The lowest BCUT2D eigenvalue weighted by Gasteiger charge is -2.19. The Kier molecular flexibility index (Phi) is 6.67. The number of benzene rings is 2. The number of quaternary nitrogens is 1. The molecule has 0 aliphatic heterocycles. The highest BCUT2D eigenvalue weighted by Crippen LogP contribution is 2.31. The number of hydrogen-bond acceptors (Lipinski definition) is 4. The Morgan fingerprint density at radius 1 is 1.29 bits per heavy atom. The number of fused-ring (bicyclic) bond motifs is 1. The molecule has 5 nitrogen and oxygen atoms in total. The number of nitrogens with zero attached hydrogens (tertiary/aromatic N) is 2. The van der Waals surface area contributed by atoms with Crippen LogP contribution in [0, 0.1) is 0 Å². The fourth-order valence-electron chi connectivity index (χ4n) is 2.63. The standard InChI is InChI=1S/C21H22ClN3O2S/c1-24(2)12-13-25(20(26)11-8-15-6-4-5-7-17(15)22)21-23-18-14-16(27-3)9-10-19(18)28-21/h4-11,14H,12-13H2,1-3H3/p+1/b11-8+. The largest absolute Gasteiger partial charge is 0.497 e. The summed E-state index contributed by atoms with van der Waals surface area (Å²) in [5.41, 5.74) is 1.63. The van der Waals surface area contributed by atoms with Crippen molar-refractivity contribution in [1.29, 1.82) is 0 Å². The molecule has 7 heteroatoms. The topological polar surface area (TPSA) is 46.9 Å². The molecule has 2 aromatic carbocycles. The third-order valence-corrected chi connectivity index (χ3v) is 5.63. The maximum Gasteiger partial charge on any atom is 0.252 e. The SMILES string of the molecule is COc1ccc2sc(N(CC[NH+](C)C)C(=O)/C=C/c3ccccc3Cl)nc2c1. The monoisotopic (exact) mass is 416 g/mol. The molecule has 0 saturated carbocycles. The first-order valence-corrected chi connectivity index (χ1v) is 10.1. The Labute approximate surface area is 173 Å². The van der Waals surface area contributed by atoms with Gasteiger partial charge in [0.2, 0.25) is 0 Å². The Hall–Kier alpha value is -2.41. The summed E-state index contributed by atoms with van der Waals surface area (Å²) in [6, 6.07) is 13.2. The molecule has 0 unspecified atom stereocenters. The summed E-state index contributed by atoms with van der Waals surface area (Å²) in [6.07, 6.45) is 3.30. The number of likely N-dealkylation sites (N-methyl/N-ethyl adjacent to an activating group) is 1. The highest BCUT2D eigenvalue weighted by molar-refractivity contribution is 7.22. The van der Waals surface area contributed by atoms with Gasteiger partial charge in [-0.1, -0.05) is 41.1 Å². The predicted octanol–water partition coefficient (Wildman–Crippen LogP) is 3.15. The maximum absolute atomic E-state index is 13.0. The van der Waals surface area contributed by atoms with E-state index >= 15 is 0 Å². The van der Waals surface area contributed by atoms with Gasteiger partial charge < -0.3 is 9.64 Å². The molecule has 0 aliphatic carbocycles. The van der Waals surface area contributed by atoms with Crippen LogP contribution in [0.15, 0.2) is 48.5 Å². The summed E-state index contributed by atoms with van der Waals surface area (Å²) in [7, 11) is 5.75. The number of nitrogens with one attached hydrogen (secondary N) is 1. The molecule has 1 heterocycles. The molecule has 0 fully saturated rings. The number of anilines is 1. The van der Waals surface area contributed by atoms with Crippen molar-refractivity contribution in [2.75, 3.05) is 39.2 Å². The van der Waals surface area contributed by atoms with Crippen molar-refractivity contribution in [2.45, 2.75) is 0 Å². The fourth-order valence-corrected chi connectivity index (χ4v) is 3.81. The molecule has 1 aromatic heterocycles. The summed E-state index contributed by atoms with van der Waals surface area (Å²) >= 11 is 7.69. The Morgan fingerprint density at radius 2 is 2.07 bits per heavy atom. The molecular formula is C21H23ClN3O2S+. The van der Waals surface area contributed by atoms with Crippen molar-refractivity contribution in [1.82, 2.24) is 4.98 Å². The number of rotatable bonds is 7. The van der Waals surface area contributed by atoms with Crippen molar-refractivity contribution in [3.63, 3.8) is 0 Å². The van der Waals surface area contributed by atoms with Crippen LogP contribution in [0.25, 0.3) is 16.3 Å².